The van der Waals surface area contributed by atoms with Crippen LogP contribution in [0.4, 0.5) is 0 Å². The second-order valence-corrected chi connectivity index (χ2v) is 8.69. The van der Waals surface area contributed by atoms with Crippen LogP contribution in [0.15, 0.2) is 84.9 Å². The maximum atomic E-state index is 13.6. The van der Waals surface area contributed by atoms with E-state index in [1.54, 1.807) is 4.90 Å². The van der Waals surface area contributed by atoms with Crippen LogP contribution >= 0.6 is 0 Å². The van der Waals surface area contributed by atoms with Crippen molar-refractivity contribution in [3.05, 3.63) is 107 Å². The number of nitrogens with zero attached hydrogens (tertiary/aromatic N) is 1. The van der Waals surface area contributed by atoms with E-state index in [9.17, 15) is 9.59 Å². The number of carbonyl (C=O) groups excluding carboxylic acids is 2. The van der Waals surface area contributed by atoms with Gasteiger partial charge < -0.3 is 10.2 Å². The average Bonchev–Trinajstić information content (AvgIpc) is 2.83. The Kier molecular flexibility index (Phi) is 8.82. The van der Waals surface area contributed by atoms with Crippen molar-refractivity contribution in [3.8, 4) is 0 Å². The first kappa shape index (κ1) is 24.2. The van der Waals surface area contributed by atoms with E-state index in [-0.39, 0.29) is 24.3 Å². The monoisotopic (exact) mass is 442 g/mol. The molecule has 0 heterocycles. The minimum absolute atomic E-state index is 0.0428. The topological polar surface area (TPSA) is 49.4 Å². The Morgan fingerprint density at radius 2 is 1.39 bits per heavy atom. The number of hydrogen-bond donors (Lipinski definition) is 1. The molecule has 0 aliphatic rings. The van der Waals surface area contributed by atoms with Crippen LogP contribution in [0.5, 0.6) is 0 Å². The molecule has 2 amide bonds. The van der Waals surface area contributed by atoms with E-state index in [0.717, 1.165) is 28.7 Å². The molecule has 0 unspecified atom stereocenters. The molecule has 172 valence electrons. The molecular weight excluding hydrogens is 408 g/mol. The molecule has 3 rings (SSSR count). The van der Waals surface area contributed by atoms with Crippen LogP contribution in [0, 0.1) is 6.92 Å². The van der Waals surface area contributed by atoms with Crippen LogP contribution in [0.25, 0.3) is 0 Å². The van der Waals surface area contributed by atoms with Crippen molar-refractivity contribution >= 4 is 11.8 Å². The van der Waals surface area contributed by atoms with Gasteiger partial charge >= 0.3 is 0 Å². The second-order valence-electron chi connectivity index (χ2n) is 8.69. The number of amides is 2. The predicted molar refractivity (Wildman–Crippen MR) is 134 cm³/mol. The second kappa shape index (κ2) is 12.0. The van der Waals surface area contributed by atoms with Gasteiger partial charge in [-0.2, -0.15) is 0 Å². The van der Waals surface area contributed by atoms with Gasteiger partial charge in [-0.15, -0.1) is 0 Å². The number of benzene rings is 3. The Balaban J connectivity index is 1.95. The minimum atomic E-state index is -0.598. The number of carbonyl (C=O) groups is 2. The summed E-state index contributed by atoms with van der Waals surface area (Å²) in [6.07, 6.45) is 1.56. The lowest BCUT2D eigenvalue weighted by atomic mass is 10.0. The average molecular weight is 443 g/mol. The Hall–Kier alpha value is -3.40. The van der Waals surface area contributed by atoms with Gasteiger partial charge in [-0.1, -0.05) is 97.4 Å². The smallest absolute Gasteiger partial charge is 0.243 e. The Bertz CT molecular complexity index is 1020. The summed E-state index contributed by atoms with van der Waals surface area (Å²) in [6.45, 7) is 6.46. The molecule has 0 aliphatic carbocycles. The molecule has 0 radical (unpaired) electrons. The van der Waals surface area contributed by atoms with Crippen LogP contribution in [0.1, 0.15) is 42.5 Å². The number of aryl methyl sites for hydroxylation is 1. The van der Waals surface area contributed by atoms with E-state index in [2.05, 4.69) is 5.32 Å². The van der Waals surface area contributed by atoms with Crippen LogP contribution in [0.2, 0.25) is 0 Å². The van der Waals surface area contributed by atoms with E-state index < -0.39 is 6.04 Å². The molecule has 0 saturated carbocycles. The molecule has 0 aromatic heterocycles. The summed E-state index contributed by atoms with van der Waals surface area (Å²) in [4.78, 5) is 28.8. The molecule has 0 bridgehead atoms. The summed E-state index contributed by atoms with van der Waals surface area (Å²) in [5, 5.41) is 3.11. The molecule has 0 aliphatic heterocycles. The summed E-state index contributed by atoms with van der Waals surface area (Å²) >= 11 is 0. The van der Waals surface area contributed by atoms with E-state index >= 15 is 0 Å². The lowest BCUT2D eigenvalue weighted by Gasteiger charge is -2.32. The zero-order chi connectivity index (χ0) is 23.6. The van der Waals surface area contributed by atoms with Crippen molar-refractivity contribution in [2.24, 2.45) is 0 Å². The Labute approximate surface area is 197 Å². The zero-order valence-corrected chi connectivity index (χ0v) is 19.8. The fraction of sp³-hybridized carbons (Fsp3) is 0.310. The van der Waals surface area contributed by atoms with E-state index in [1.807, 2.05) is 106 Å². The van der Waals surface area contributed by atoms with Crippen LogP contribution in [-0.4, -0.2) is 28.8 Å². The quantitative estimate of drug-likeness (QED) is 0.475. The Morgan fingerprint density at radius 1 is 0.818 bits per heavy atom. The number of hydrogen-bond acceptors (Lipinski definition) is 2. The highest BCUT2D eigenvalue weighted by molar-refractivity contribution is 5.89. The van der Waals surface area contributed by atoms with Crippen LogP contribution in [0.3, 0.4) is 0 Å². The fourth-order valence-corrected chi connectivity index (χ4v) is 3.76. The number of nitrogens with one attached hydrogen (secondary N) is 1. The molecule has 4 nitrogen and oxygen atoms in total. The van der Waals surface area contributed by atoms with Crippen molar-refractivity contribution < 1.29 is 9.59 Å². The first-order chi connectivity index (χ1) is 16.0. The summed E-state index contributed by atoms with van der Waals surface area (Å²) in [5.74, 6) is -0.163. The van der Waals surface area contributed by atoms with Crippen molar-refractivity contribution in [1.82, 2.24) is 10.2 Å². The maximum Gasteiger partial charge on any atom is 0.243 e. The highest BCUT2D eigenvalue weighted by Gasteiger charge is 2.30. The van der Waals surface area contributed by atoms with E-state index in [1.165, 1.54) is 0 Å². The molecule has 4 heteroatoms. The normalized spacial score (nSPS) is 12.6. The largest absolute Gasteiger partial charge is 0.352 e. The van der Waals surface area contributed by atoms with Gasteiger partial charge in [-0.05, 0) is 37.0 Å². The molecule has 1 N–H and O–H groups in total. The molecule has 2 atom stereocenters. The zero-order valence-electron chi connectivity index (χ0n) is 19.8. The van der Waals surface area contributed by atoms with Gasteiger partial charge in [0, 0.05) is 19.0 Å². The van der Waals surface area contributed by atoms with Crippen LogP contribution < -0.4 is 5.32 Å². The SMILES string of the molecule is CC[C@H](C)NC(=O)[C@H](Cc1ccccc1)N(Cc1ccc(C)cc1)C(=O)Cc1ccccc1. The lowest BCUT2D eigenvalue weighted by Crippen LogP contribution is -2.52. The molecule has 3 aromatic carbocycles. The summed E-state index contributed by atoms with van der Waals surface area (Å²) in [6, 6.07) is 27.2. The fourth-order valence-electron chi connectivity index (χ4n) is 3.76. The lowest BCUT2D eigenvalue weighted by molar-refractivity contribution is -0.141. The third-order valence-corrected chi connectivity index (χ3v) is 5.94. The Morgan fingerprint density at radius 3 is 1.97 bits per heavy atom. The van der Waals surface area contributed by atoms with Crippen molar-refractivity contribution in [2.45, 2.75) is 58.7 Å². The minimum Gasteiger partial charge on any atom is -0.352 e. The summed E-state index contributed by atoms with van der Waals surface area (Å²) in [5.41, 5.74) is 4.15. The first-order valence-electron chi connectivity index (χ1n) is 11.7. The van der Waals surface area contributed by atoms with Crippen molar-refractivity contribution in [1.29, 1.82) is 0 Å². The van der Waals surface area contributed by atoms with Gasteiger partial charge in [0.25, 0.3) is 0 Å². The van der Waals surface area contributed by atoms with Gasteiger partial charge in [0.15, 0.2) is 0 Å². The van der Waals surface area contributed by atoms with Gasteiger partial charge in [0.1, 0.15) is 6.04 Å². The third-order valence-electron chi connectivity index (χ3n) is 5.94. The molecule has 33 heavy (non-hydrogen) atoms. The van der Waals surface area contributed by atoms with Gasteiger partial charge in [0.05, 0.1) is 6.42 Å². The number of rotatable bonds is 10. The van der Waals surface area contributed by atoms with E-state index in [0.29, 0.717) is 13.0 Å². The molecule has 0 saturated heterocycles. The van der Waals surface area contributed by atoms with Gasteiger partial charge in [-0.25, -0.2) is 0 Å². The highest BCUT2D eigenvalue weighted by atomic mass is 16.2. The summed E-state index contributed by atoms with van der Waals surface area (Å²) < 4.78 is 0. The maximum absolute atomic E-state index is 13.6. The molecule has 0 spiro atoms. The highest BCUT2D eigenvalue weighted by Crippen LogP contribution is 2.17. The van der Waals surface area contributed by atoms with Crippen molar-refractivity contribution in [2.75, 3.05) is 0 Å². The van der Waals surface area contributed by atoms with Crippen molar-refractivity contribution in [3.63, 3.8) is 0 Å². The molecule has 3 aromatic rings. The molecular formula is C29H34N2O2. The molecule has 0 fully saturated rings. The summed E-state index contributed by atoms with van der Waals surface area (Å²) in [7, 11) is 0. The standard InChI is InChI=1S/C29H34N2O2/c1-4-23(3)30-29(33)27(19-24-11-7-5-8-12-24)31(21-26-17-15-22(2)16-18-26)28(32)20-25-13-9-6-10-14-25/h5-18,23,27H,4,19-21H2,1-3H3,(H,30,33)/t23-,27-/m0/s1. The third kappa shape index (κ3) is 7.31. The predicted octanol–water partition coefficient (Wildman–Crippen LogP) is 5.09. The van der Waals surface area contributed by atoms with Gasteiger partial charge in [0.2, 0.25) is 11.8 Å². The van der Waals surface area contributed by atoms with E-state index in [4.69, 9.17) is 0 Å². The van der Waals surface area contributed by atoms with Crippen LogP contribution in [-0.2, 0) is 29.0 Å². The van der Waals surface area contributed by atoms with Gasteiger partial charge in [-0.3, -0.25) is 9.59 Å². The first-order valence-corrected chi connectivity index (χ1v) is 11.7.